The molecule has 148 valence electrons. The standard InChI is InChI=1S/C23H27ClN2O2/c1-17-15-19(16-25-13-12-18-5-8-21(24)9-6-18)4-7-20(17)3-2-14-26-22(27)10-11-23(26)28/h4-9,15,25H,2-3,10-14,16H2,1H3. The van der Waals surface area contributed by atoms with Crippen LogP contribution >= 0.6 is 11.6 Å². The van der Waals surface area contributed by atoms with E-state index < -0.39 is 0 Å². The second-order valence-corrected chi connectivity index (χ2v) is 7.79. The molecular formula is C23H27ClN2O2. The Hall–Kier alpha value is -2.17. The van der Waals surface area contributed by atoms with E-state index in [1.54, 1.807) is 0 Å². The zero-order chi connectivity index (χ0) is 19.9. The topological polar surface area (TPSA) is 49.4 Å². The summed E-state index contributed by atoms with van der Waals surface area (Å²) in [5.74, 6) is -0.0523. The Bertz CT molecular complexity index is 817. The van der Waals surface area contributed by atoms with Crippen molar-refractivity contribution in [2.45, 2.75) is 45.6 Å². The maximum absolute atomic E-state index is 11.7. The molecule has 0 atom stereocenters. The molecule has 2 aromatic carbocycles. The lowest BCUT2D eigenvalue weighted by Crippen LogP contribution is -2.30. The van der Waals surface area contributed by atoms with Crippen molar-refractivity contribution < 1.29 is 9.59 Å². The molecule has 0 spiro atoms. The number of hydrogen-bond acceptors (Lipinski definition) is 3. The molecule has 5 heteroatoms. The van der Waals surface area contributed by atoms with Crippen molar-refractivity contribution in [2.75, 3.05) is 13.1 Å². The number of carbonyl (C=O) groups excluding carboxylic acids is 2. The first-order valence-corrected chi connectivity index (χ1v) is 10.3. The number of aryl methyl sites for hydroxylation is 2. The predicted molar refractivity (Wildman–Crippen MR) is 112 cm³/mol. The molecule has 0 aliphatic carbocycles. The van der Waals surface area contributed by atoms with Crippen LogP contribution in [0, 0.1) is 6.92 Å². The molecule has 0 radical (unpaired) electrons. The van der Waals surface area contributed by atoms with E-state index >= 15 is 0 Å². The van der Waals surface area contributed by atoms with Crippen LogP contribution in [0.4, 0.5) is 0 Å². The van der Waals surface area contributed by atoms with Gasteiger partial charge in [0.25, 0.3) is 0 Å². The van der Waals surface area contributed by atoms with Crippen molar-refractivity contribution in [2.24, 2.45) is 0 Å². The molecule has 0 unspecified atom stereocenters. The summed E-state index contributed by atoms with van der Waals surface area (Å²) >= 11 is 5.91. The van der Waals surface area contributed by atoms with E-state index in [1.807, 2.05) is 12.1 Å². The summed E-state index contributed by atoms with van der Waals surface area (Å²) in [6.07, 6.45) is 3.42. The number of imide groups is 1. The number of rotatable bonds is 9. The Morgan fingerprint density at radius 1 is 0.964 bits per heavy atom. The molecule has 0 saturated carbocycles. The van der Waals surface area contributed by atoms with Crippen LogP contribution in [-0.2, 0) is 29.0 Å². The molecule has 4 nitrogen and oxygen atoms in total. The minimum absolute atomic E-state index is 0.0262. The maximum atomic E-state index is 11.7. The highest BCUT2D eigenvalue weighted by molar-refractivity contribution is 6.30. The van der Waals surface area contributed by atoms with Gasteiger partial charge in [-0.25, -0.2) is 0 Å². The minimum atomic E-state index is -0.0262. The summed E-state index contributed by atoms with van der Waals surface area (Å²) in [6, 6.07) is 14.5. The van der Waals surface area contributed by atoms with Gasteiger partial charge in [0.15, 0.2) is 0 Å². The van der Waals surface area contributed by atoms with E-state index in [2.05, 4.69) is 42.6 Å². The van der Waals surface area contributed by atoms with Gasteiger partial charge < -0.3 is 5.32 Å². The fourth-order valence-electron chi connectivity index (χ4n) is 3.56. The number of carbonyl (C=O) groups is 2. The predicted octanol–water partition coefficient (Wildman–Crippen LogP) is 4.06. The molecule has 1 fully saturated rings. The summed E-state index contributed by atoms with van der Waals surface area (Å²) in [7, 11) is 0. The highest BCUT2D eigenvalue weighted by Crippen LogP contribution is 2.16. The second kappa shape index (κ2) is 9.85. The molecule has 1 aliphatic heterocycles. The van der Waals surface area contributed by atoms with Crippen molar-refractivity contribution in [3.05, 3.63) is 69.7 Å². The fourth-order valence-corrected chi connectivity index (χ4v) is 3.69. The van der Waals surface area contributed by atoms with Crippen LogP contribution in [-0.4, -0.2) is 29.8 Å². The van der Waals surface area contributed by atoms with Gasteiger partial charge in [-0.1, -0.05) is 41.9 Å². The maximum Gasteiger partial charge on any atom is 0.229 e. The number of halogens is 1. The third kappa shape index (κ3) is 5.66. The number of likely N-dealkylation sites (tertiary alicyclic amines) is 1. The Kier molecular flexibility index (Phi) is 7.24. The molecular weight excluding hydrogens is 372 g/mol. The van der Waals surface area contributed by atoms with Gasteiger partial charge in [-0.05, 0) is 67.1 Å². The summed E-state index contributed by atoms with van der Waals surface area (Å²) in [4.78, 5) is 24.7. The normalized spacial score (nSPS) is 14.1. The van der Waals surface area contributed by atoms with Gasteiger partial charge in [-0.2, -0.15) is 0 Å². The van der Waals surface area contributed by atoms with Crippen molar-refractivity contribution in [1.82, 2.24) is 10.2 Å². The van der Waals surface area contributed by atoms with Crippen molar-refractivity contribution in [3.63, 3.8) is 0 Å². The molecule has 2 aromatic rings. The van der Waals surface area contributed by atoms with Gasteiger partial charge in [-0.3, -0.25) is 14.5 Å². The Morgan fingerprint density at radius 2 is 1.64 bits per heavy atom. The van der Waals surface area contributed by atoms with Crippen molar-refractivity contribution in [1.29, 1.82) is 0 Å². The first kappa shape index (κ1) is 20.6. The van der Waals surface area contributed by atoms with E-state index in [-0.39, 0.29) is 11.8 Å². The quantitative estimate of drug-likeness (QED) is 0.511. The van der Waals surface area contributed by atoms with Crippen LogP contribution in [0.1, 0.15) is 41.5 Å². The fraction of sp³-hybridized carbons (Fsp3) is 0.391. The molecule has 28 heavy (non-hydrogen) atoms. The number of amides is 2. The SMILES string of the molecule is Cc1cc(CNCCc2ccc(Cl)cc2)ccc1CCCN1C(=O)CCC1=O. The number of benzene rings is 2. The van der Waals surface area contributed by atoms with Crippen molar-refractivity contribution in [3.8, 4) is 0 Å². The second-order valence-electron chi connectivity index (χ2n) is 7.36. The van der Waals surface area contributed by atoms with E-state index in [0.29, 0.717) is 19.4 Å². The van der Waals surface area contributed by atoms with Crippen molar-refractivity contribution >= 4 is 23.4 Å². The lowest BCUT2D eigenvalue weighted by molar-refractivity contribution is -0.138. The number of nitrogens with one attached hydrogen (secondary N) is 1. The molecule has 3 rings (SSSR count). The molecule has 1 saturated heterocycles. The van der Waals surface area contributed by atoms with E-state index in [4.69, 9.17) is 11.6 Å². The van der Waals surface area contributed by atoms with Gasteiger partial charge in [0.2, 0.25) is 11.8 Å². The Morgan fingerprint density at radius 3 is 2.32 bits per heavy atom. The van der Waals surface area contributed by atoms with Gasteiger partial charge in [-0.15, -0.1) is 0 Å². The molecule has 0 aromatic heterocycles. The van der Waals surface area contributed by atoms with E-state index in [0.717, 1.165) is 37.4 Å². The highest BCUT2D eigenvalue weighted by atomic mass is 35.5. The Labute approximate surface area is 171 Å². The van der Waals surface area contributed by atoms with Crippen LogP contribution in [0.25, 0.3) is 0 Å². The third-order valence-electron chi connectivity index (χ3n) is 5.22. The van der Waals surface area contributed by atoms with E-state index in [9.17, 15) is 9.59 Å². The zero-order valence-corrected chi connectivity index (χ0v) is 17.1. The smallest absolute Gasteiger partial charge is 0.229 e. The summed E-state index contributed by atoms with van der Waals surface area (Å²) in [6.45, 7) is 4.41. The number of hydrogen-bond donors (Lipinski definition) is 1. The van der Waals surface area contributed by atoms with Gasteiger partial charge in [0.1, 0.15) is 0 Å². The first-order valence-electron chi connectivity index (χ1n) is 9.89. The van der Waals surface area contributed by atoms with Gasteiger partial charge in [0, 0.05) is 31.0 Å². The first-order chi connectivity index (χ1) is 13.5. The van der Waals surface area contributed by atoms with Crippen LogP contribution in [0.3, 0.4) is 0 Å². The molecule has 2 amide bonds. The lowest BCUT2D eigenvalue weighted by atomic mass is 10.0. The Balaban J connectivity index is 1.41. The minimum Gasteiger partial charge on any atom is -0.312 e. The summed E-state index contributed by atoms with van der Waals surface area (Å²) in [5.41, 5.74) is 5.08. The highest BCUT2D eigenvalue weighted by Gasteiger charge is 2.27. The summed E-state index contributed by atoms with van der Waals surface area (Å²) in [5, 5.41) is 4.26. The van der Waals surface area contributed by atoms with Gasteiger partial charge in [0.05, 0.1) is 0 Å². The number of nitrogens with zero attached hydrogens (tertiary/aromatic N) is 1. The monoisotopic (exact) mass is 398 g/mol. The van der Waals surface area contributed by atoms with Crippen LogP contribution in [0.15, 0.2) is 42.5 Å². The van der Waals surface area contributed by atoms with Crippen LogP contribution in [0.5, 0.6) is 0 Å². The molecule has 0 bridgehead atoms. The zero-order valence-electron chi connectivity index (χ0n) is 16.3. The molecule has 1 N–H and O–H groups in total. The largest absolute Gasteiger partial charge is 0.312 e. The lowest BCUT2D eigenvalue weighted by Gasteiger charge is -2.14. The average molecular weight is 399 g/mol. The van der Waals surface area contributed by atoms with Crippen LogP contribution < -0.4 is 5.32 Å². The summed E-state index contributed by atoms with van der Waals surface area (Å²) < 4.78 is 0. The van der Waals surface area contributed by atoms with Crippen LogP contribution in [0.2, 0.25) is 5.02 Å². The average Bonchev–Trinajstić information content (AvgIpc) is 3.00. The molecule has 1 heterocycles. The van der Waals surface area contributed by atoms with E-state index in [1.165, 1.54) is 27.2 Å². The third-order valence-corrected chi connectivity index (χ3v) is 5.47. The molecule has 1 aliphatic rings. The van der Waals surface area contributed by atoms with Gasteiger partial charge >= 0.3 is 0 Å².